The van der Waals surface area contributed by atoms with Crippen molar-refractivity contribution in [1.82, 2.24) is 0 Å². The molecule has 0 aromatic rings. The third kappa shape index (κ3) is 1.84. The van der Waals surface area contributed by atoms with Gasteiger partial charge in [-0.1, -0.05) is 18.6 Å². The first-order valence-corrected chi connectivity index (χ1v) is 4.14. The summed E-state index contributed by atoms with van der Waals surface area (Å²) in [5, 5.41) is 9.38. The highest BCUT2D eigenvalue weighted by Gasteiger charge is 2.23. The van der Waals surface area contributed by atoms with E-state index in [4.69, 9.17) is 0 Å². The van der Waals surface area contributed by atoms with E-state index in [1.165, 1.54) is 12.8 Å². The maximum Gasteiger partial charge on any atom is 0.0571 e. The minimum absolute atomic E-state index is 0.0174. The van der Waals surface area contributed by atoms with Crippen molar-refractivity contribution in [2.75, 3.05) is 0 Å². The van der Waals surface area contributed by atoms with Crippen LogP contribution in [0.1, 0.15) is 32.6 Å². The zero-order chi connectivity index (χ0) is 7.40. The van der Waals surface area contributed by atoms with Crippen LogP contribution in [0.4, 0.5) is 0 Å². The molecule has 2 unspecified atom stereocenters. The number of rotatable bonds is 2. The highest BCUT2D eigenvalue weighted by atomic mass is 16.3. The summed E-state index contributed by atoms with van der Waals surface area (Å²) in [5.41, 5.74) is 0. The first-order chi connectivity index (χ1) is 4.84. The molecule has 0 amide bonds. The zero-order valence-corrected chi connectivity index (χ0v) is 6.59. The van der Waals surface area contributed by atoms with Crippen LogP contribution in [0.25, 0.3) is 0 Å². The fourth-order valence-corrected chi connectivity index (χ4v) is 1.60. The van der Waals surface area contributed by atoms with Crippen LogP contribution in [0.5, 0.6) is 0 Å². The van der Waals surface area contributed by atoms with Gasteiger partial charge in [0, 0.05) is 0 Å². The van der Waals surface area contributed by atoms with Crippen LogP contribution in [0.3, 0.4) is 0 Å². The minimum atomic E-state index is -0.0174. The van der Waals surface area contributed by atoms with E-state index in [-0.39, 0.29) is 6.10 Å². The van der Waals surface area contributed by atoms with Gasteiger partial charge < -0.3 is 5.11 Å². The predicted molar refractivity (Wildman–Crippen MR) is 42.8 cm³/mol. The van der Waals surface area contributed by atoms with Crippen LogP contribution >= 0.6 is 0 Å². The Kier molecular flexibility index (Phi) is 2.94. The van der Waals surface area contributed by atoms with Crippen molar-refractivity contribution >= 4 is 0 Å². The zero-order valence-electron chi connectivity index (χ0n) is 6.59. The first-order valence-electron chi connectivity index (χ1n) is 4.14. The van der Waals surface area contributed by atoms with Gasteiger partial charge in [-0.3, -0.25) is 0 Å². The molecule has 0 heterocycles. The molecular formula is C9H16O. The molecule has 1 heteroatoms. The average Bonchev–Trinajstić information content (AvgIpc) is 2.31. The van der Waals surface area contributed by atoms with Crippen molar-refractivity contribution < 1.29 is 5.11 Å². The van der Waals surface area contributed by atoms with Crippen molar-refractivity contribution in [3.05, 3.63) is 12.2 Å². The van der Waals surface area contributed by atoms with E-state index in [9.17, 15) is 5.11 Å². The quantitative estimate of drug-likeness (QED) is 0.582. The van der Waals surface area contributed by atoms with E-state index in [0.717, 1.165) is 12.8 Å². The van der Waals surface area contributed by atoms with Crippen LogP contribution in [0, 0.1) is 5.92 Å². The Morgan fingerprint density at radius 1 is 1.50 bits per heavy atom. The normalized spacial score (nSPS) is 33.8. The van der Waals surface area contributed by atoms with Gasteiger partial charge in [-0.25, -0.2) is 0 Å². The summed E-state index contributed by atoms with van der Waals surface area (Å²) in [6.45, 7) is 2.03. The SMILES string of the molecule is CC=CCC1CCCC1O. The topological polar surface area (TPSA) is 20.2 Å². The van der Waals surface area contributed by atoms with E-state index in [0.29, 0.717) is 5.92 Å². The molecule has 10 heavy (non-hydrogen) atoms. The van der Waals surface area contributed by atoms with E-state index in [1.807, 2.05) is 6.92 Å². The van der Waals surface area contributed by atoms with E-state index in [1.54, 1.807) is 0 Å². The lowest BCUT2D eigenvalue weighted by Gasteiger charge is -2.10. The van der Waals surface area contributed by atoms with Crippen LogP contribution in [0.15, 0.2) is 12.2 Å². The van der Waals surface area contributed by atoms with Gasteiger partial charge in [0.05, 0.1) is 6.10 Å². The molecule has 1 aliphatic rings. The molecule has 0 bridgehead atoms. The molecule has 0 radical (unpaired) electrons. The monoisotopic (exact) mass is 140 g/mol. The molecule has 0 aromatic heterocycles. The highest BCUT2D eigenvalue weighted by molar-refractivity contribution is 4.86. The van der Waals surface area contributed by atoms with Crippen LogP contribution in [-0.2, 0) is 0 Å². The number of allylic oxidation sites excluding steroid dienone is 2. The molecule has 1 saturated carbocycles. The van der Waals surface area contributed by atoms with Gasteiger partial charge in [-0.15, -0.1) is 0 Å². The second-order valence-electron chi connectivity index (χ2n) is 3.06. The molecule has 0 spiro atoms. The lowest BCUT2D eigenvalue weighted by molar-refractivity contribution is 0.134. The van der Waals surface area contributed by atoms with Crippen LogP contribution < -0.4 is 0 Å². The second-order valence-corrected chi connectivity index (χ2v) is 3.06. The lowest BCUT2D eigenvalue weighted by atomic mass is 10.0. The summed E-state index contributed by atoms with van der Waals surface area (Å²) in [7, 11) is 0. The van der Waals surface area contributed by atoms with Gasteiger partial charge in [0.25, 0.3) is 0 Å². The van der Waals surface area contributed by atoms with Crippen molar-refractivity contribution in [3.8, 4) is 0 Å². The predicted octanol–water partition coefficient (Wildman–Crippen LogP) is 2.11. The average molecular weight is 140 g/mol. The van der Waals surface area contributed by atoms with Crippen LogP contribution in [-0.4, -0.2) is 11.2 Å². The summed E-state index contributed by atoms with van der Waals surface area (Å²) in [6, 6.07) is 0. The Morgan fingerprint density at radius 3 is 2.80 bits per heavy atom. The number of hydrogen-bond acceptors (Lipinski definition) is 1. The number of hydrogen-bond donors (Lipinski definition) is 1. The third-order valence-corrected chi connectivity index (χ3v) is 2.29. The fraction of sp³-hybridized carbons (Fsp3) is 0.778. The molecule has 0 aliphatic heterocycles. The van der Waals surface area contributed by atoms with Gasteiger partial charge in [-0.05, 0) is 32.1 Å². The smallest absolute Gasteiger partial charge is 0.0571 e. The molecule has 1 N–H and O–H groups in total. The Morgan fingerprint density at radius 2 is 2.30 bits per heavy atom. The molecule has 1 rings (SSSR count). The highest BCUT2D eigenvalue weighted by Crippen LogP contribution is 2.28. The number of aliphatic hydroxyl groups excluding tert-OH is 1. The molecule has 2 atom stereocenters. The first kappa shape index (κ1) is 7.80. The molecule has 0 saturated heterocycles. The Balaban J connectivity index is 2.26. The molecule has 1 fully saturated rings. The maximum absolute atomic E-state index is 9.38. The minimum Gasteiger partial charge on any atom is -0.393 e. The van der Waals surface area contributed by atoms with Crippen molar-refractivity contribution in [2.24, 2.45) is 5.92 Å². The number of aliphatic hydroxyl groups is 1. The molecular weight excluding hydrogens is 124 g/mol. The summed E-state index contributed by atoms with van der Waals surface area (Å²) in [4.78, 5) is 0. The van der Waals surface area contributed by atoms with E-state index < -0.39 is 0 Å². The van der Waals surface area contributed by atoms with Gasteiger partial charge in [0.15, 0.2) is 0 Å². The Bertz CT molecular complexity index is 118. The van der Waals surface area contributed by atoms with Gasteiger partial charge >= 0.3 is 0 Å². The molecule has 0 aromatic carbocycles. The van der Waals surface area contributed by atoms with Gasteiger partial charge in [0.1, 0.15) is 0 Å². The standard InChI is InChI=1S/C9H16O/c1-2-3-5-8-6-4-7-9(8)10/h2-3,8-10H,4-7H2,1H3. The maximum atomic E-state index is 9.38. The summed E-state index contributed by atoms with van der Waals surface area (Å²) in [6.07, 6.45) is 8.70. The molecule has 1 nitrogen and oxygen atoms in total. The third-order valence-electron chi connectivity index (χ3n) is 2.29. The van der Waals surface area contributed by atoms with Gasteiger partial charge in [0.2, 0.25) is 0 Å². The summed E-state index contributed by atoms with van der Waals surface area (Å²) >= 11 is 0. The largest absolute Gasteiger partial charge is 0.393 e. The summed E-state index contributed by atoms with van der Waals surface area (Å²) < 4.78 is 0. The second kappa shape index (κ2) is 3.77. The molecule has 1 aliphatic carbocycles. The van der Waals surface area contributed by atoms with E-state index in [2.05, 4.69) is 12.2 Å². The Hall–Kier alpha value is -0.300. The Labute approximate surface area is 62.8 Å². The lowest BCUT2D eigenvalue weighted by Crippen LogP contribution is -2.11. The van der Waals surface area contributed by atoms with Crippen molar-refractivity contribution in [3.63, 3.8) is 0 Å². The molecule has 58 valence electrons. The van der Waals surface area contributed by atoms with Gasteiger partial charge in [-0.2, -0.15) is 0 Å². The fourth-order valence-electron chi connectivity index (χ4n) is 1.60. The van der Waals surface area contributed by atoms with Crippen LogP contribution in [0.2, 0.25) is 0 Å². The van der Waals surface area contributed by atoms with E-state index >= 15 is 0 Å². The van der Waals surface area contributed by atoms with Crippen molar-refractivity contribution in [2.45, 2.75) is 38.7 Å². The summed E-state index contributed by atoms with van der Waals surface area (Å²) in [5.74, 6) is 0.552. The van der Waals surface area contributed by atoms with Crippen molar-refractivity contribution in [1.29, 1.82) is 0 Å².